The third kappa shape index (κ3) is 3.75. The minimum atomic E-state index is -0.0461. The maximum absolute atomic E-state index is 12.2. The number of fused-ring (bicyclic) bond motifs is 1. The van der Waals surface area contributed by atoms with Crippen molar-refractivity contribution in [3.8, 4) is 5.75 Å². The molecule has 1 fully saturated rings. The van der Waals surface area contributed by atoms with Crippen LogP contribution in [0.5, 0.6) is 5.75 Å². The molecule has 2 atom stereocenters. The van der Waals surface area contributed by atoms with Crippen LogP contribution in [0.1, 0.15) is 26.2 Å². The summed E-state index contributed by atoms with van der Waals surface area (Å²) in [6, 6.07) is 14.0. The Morgan fingerprint density at radius 1 is 1.21 bits per heavy atom. The molecule has 0 spiro atoms. The Bertz CT molecular complexity index is 735. The second-order valence-corrected chi connectivity index (χ2v) is 6.46. The highest BCUT2D eigenvalue weighted by atomic mass is 16.5. The molecule has 1 aliphatic carbocycles. The van der Waals surface area contributed by atoms with Crippen molar-refractivity contribution in [2.45, 2.75) is 26.2 Å². The summed E-state index contributed by atoms with van der Waals surface area (Å²) < 4.78 is 5.83. The van der Waals surface area contributed by atoms with Crippen molar-refractivity contribution in [1.82, 2.24) is 5.32 Å². The average Bonchev–Trinajstić information content (AvgIpc) is 2.61. The van der Waals surface area contributed by atoms with Crippen molar-refractivity contribution in [2.24, 2.45) is 11.8 Å². The summed E-state index contributed by atoms with van der Waals surface area (Å²) in [6.45, 7) is 2.81. The van der Waals surface area contributed by atoms with Crippen LogP contribution < -0.4 is 10.1 Å². The number of nitrogens with one attached hydrogen (secondary N) is 1. The predicted octanol–water partition coefficient (Wildman–Crippen LogP) is 3.34. The number of ketones is 1. The summed E-state index contributed by atoms with van der Waals surface area (Å²) in [5.74, 6) is 1.10. The van der Waals surface area contributed by atoms with Crippen LogP contribution in [0, 0.1) is 11.8 Å². The number of amides is 1. The molecule has 24 heavy (non-hydrogen) atoms. The molecule has 0 aromatic heterocycles. The lowest BCUT2D eigenvalue weighted by Crippen LogP contribution is -2.37. The molecular weight excluding hydrogens is 302 g/mol. The van der Waals surface area contributed by atoms with E-state index in [1.165, 1.54) is 0 Å². The van der Waals surface area contributed by atoms with Gasteiger partial charge < -0.3 is 10.1 Å². The largest absolute Gasteiger partial charge is 0.491 e. The van der Waals surface area contributed by atoms with E-state index < -0.39 is 0 Å². The highest BCUT2D eigenvalue weighted by Gasteiger charge is 2.29. The van der Waals surface area contributed by atoms with E-state index in [1.807, 2.05) is 37.3 Å². The number of hydrogen-bond donors (Lipinski definition) is 1. The van der Waals surface area contributed by atoms with Crippen LogP contribution >= 0.6 is 0 Å². The minimum Gasteiger partial charge on any atom is -0.491 e. The van der Waals surface area contributed by atoms with Gasteiger partial charge in [-0.05, 0) is 24.3 Å². The fourth-order valence-corrected chi connectivity index (χ4v) is 3.28. The summed E-state index contributed by atoms with van der Waals surface area (Å²) in [7, 11) is 0. The van der Waals surface area contributed by atoms with Gasteiger partial charge in [0.25, 0.3) is 0 Å². The first-order valence-corrected chi connectivity index (χ1v) is 8.56. The van der Waals surface area contributed by atoms with E-state index in [4.69, 9.17) is 4.74 Å². The second-order valence-electron chi connectivity index (χ2n) is 6.46. The van der Waals surface area contributed by atoms with Crippen LogP contribution in [0.25, 0.3) is 10.8 Å². The van der Waals surface area contributed by atoms with Gasteiger partial charge in [0.1, 0.15) is 18.1 Å². The van der Waals surface area contributed by atoms with Gasteiger partial charge in [-0.25, -0.2) is 0 Å². The first kappa shape index (κ1) is 16.5. The summed E-state index contributed by atoms with van der Waals surface area (Å²) in [5.41, 5.74) is 0. The second kappa shape index (κ2) is 7.47. The Morgan fingerprint density at radius 3 is 2.83 bits per heavy atom. The molecule has 0 saturated heterocycles. The van der Waals surface area contributed by atoms with E-state index in [0.717, 1.165) is 16.5 Å². The van der Waals surface area contributed by atoms with Crippen LogP contribution in [0.2, 0.25) is 0 Å². The summed E-state index contributed by atoms with van der Waals surface area (Å²) >= 11 is 0. The van der Waals surface area contributed by atoms with Gasteiger partial charge in [-0.1, -0.05) is 43.3 Å². The molecule has 2 aromatic carbocycles. The lowest BCUT2D eigenvalue weighted by atomic mass is 9.81. The molecule has 1 amide bonds. The molecule has 0 heterocycles. The molecule has 2 aromatic rings. The first-order valence-electron chi connectivity index (χ1n) is 8.56. The van der Waals surface area contributed by atoms with Crippen molar-refractivity contribution < 1.29 is 14.3 Å². The van der Waals surface area contributed by atoms with E-state index in [-0.39, 0.29) is 23.5 Å². The molecule has 0 aliphatic heterocycles. The van der Waals surface area contributed by atoms with Gasteiger partial charge in [0.05, 0.1) is 6.54 Å². The van der Waals surface area contributed by atoms with Crippen molar-refractivity contribution >= 4 is 22.5 Å². The maximum Gasteiger partial charge on any atom is 0.223 e. The lowest BCUT2D eigenvalue weighted by molar-refractivity contribution is -0.131. The number of rotatable bonds is 5. The molecule has 3 rings (SSSR count). The molecule has 4 nitrogen and oxygen atoms in total. The van der Waals surface area contributed by atoms with E-state index >= 15 is 0 Å². The van der Waals surface area contributed by atoms with Crippen molar-refractivity contribution in [3.63, 3.8) is 0 Å². The molecule has 0 unspecified atom stereocenters. The standard InChI is InChI=1S/C20H23NO3/c1-14-13-16(9-10-18(14)22)20(23)21-11-12-24-19-8-4-6-15-5-2-3-7-17(15)19/h2-8,14,16H,9-13H2,1H3,(H,21,23)/t14-,16+/m0/s1. The van der Waals surface area contributed by atoms with Crippen molar-refractivity contribution in [3.05, 3.63) is 42.5 Å². The molecule has 0 bridgehead atoms. The van der Waals surface area contributed by atoms with E-state index in [2.05, 4.69) is 17.4 Å². The molecule has 1 aliphatic rings. The van der Waals surface area contributed by atoms with Crippen LogP contribution in [0.4, 0.5) is 0 Å². The van der Waals surface area contributed by atoms with E-state index in [9.17, 15) is 9.59 Å². The number of Topliss-reactive ketones (excluding diaryl/α,β-unsaturated/α-hetero) is 1. The van der Waals surface area contributed by atoms with Crippen LogP contribution in [0.3, 0.4) is 0 Å². The van der Waals surface area contributed by atoms with E-state index in [0.29, 0.717) is 32.4 Å². The topological polar surface area (TPSA) is 55.4 Å². The zero-order valence-electron chi connectivity index (χ0n) is 14.0. The Hall–Kier alpha value is -2.36. The van der Waals surface area contributed by atoms with Gasteiger partial charge in [0.2, 0.25) is 5.91 Å². The Kier molecular flexibility index (Phi) is 5.14. The highest BCUT2D eigenvalue weighted by Crippen LogP contribution is 2.26. The summed E-state index contributed by atoms with van der Waals surface area (Å²) in [5, 5.41) is 5.14. The lowest BCUT2D eigenvalue weighted by Gasteiger charge is -2.24. The molecular formula is C20H23NO3. The first-order chi connectivity index (χ1) is 11.6. The number of benzene rings is 2. The summed E-state index contributed by atoms with van der Waals surface area (Å²) in [4.78, 5) is 23.7. The van der Waals surface area contributed by atoms with Gasteiger partial charge in [-0.3, -0.25) is 9.59 Å². The van der Waals surface area contributed by atoms with Crippen LogP contribution in [0.15, 0.2) is 42.5 Å². The third-order valence-corrected chi connectivity index (χ3v) is 4.71. The minimum absolute atomic E-state index is 0.00133. The molecule has 0 radical (unpaired) electrons. The van der Waals surface area contributed by atoms with Gasteiger partial charge in [0.15, 0.2) is 0 Å². The monoisotopic (exact) mass is 325 g/mol. The Balaban J connectivity index is 1.48. The number of hydrogen-bond acceptors (Lipinski definition) is 3. The summed E-state index contributed by atoms with van der Waals surface area (Å²) in [6.07, 6.45) is 1.85. The normalized spacial score (nSPS) is 20.8. The van der Waals surface area contributed by atoms with Crippen molar-refractivity contribution in [2.75, 3.05) is 13.2 Å². The van der Waals surface area contributed by atoms with Gasteiger partial charge >= 0.3 is 0 Å². The fraction of sp³-hybridized carbons (Fsp3) is 0.400. The van der Waals surface area contributed by atoms with Gasteiger partial charge in [-0.2, -0.15) is 0 Å². The number of carbonyl (C=O) groups is 2. The third-order valence-electron chi connectivity index (χ3n) is 4.71. The predicted molar refractivity (Wildman–Crippen MR) is 94.0 cm³/mol. The zero-order valence-corrected chi connectivity index (χ0v) is 14.0. The van der Waals surface area contributed by atoms with Gasteiger partial charge in [0, 0.05) is 23.6 Å². The number of carbonyl (C=O) groups excluding carboxylic acids is 2. The Morgan fingerprint density at radius 2 is 2.00 bits per heavy atom. The number of ether oxygens (including phenoxy) is 1. The molecule has 4 heteroatoms. The Labute approximate surface area is 142 Å². The maximum atomic E-state index is 12.2. The molecule has 126 valence electrons. The highest BCUT2D eigenvalue weighted by molar-refractivity contribution is 5.88. The van der Waals surface area contributed by atoms with Crippen LogP contribution in [-0.4, -0.2) is 24.8 Å². The SMILES string of the molecule is C[C@H]1C[C@H](C(=O)NCCOc2cccc3ccccc23)CCC1=O. The zero-order chi connectivity index (χ0) is 16.9. The smallest absolute Gasteiger partial charge is 0.223 e. The fourth-order valence-electron chi connectivity index (χ4n) is 3.28. The van der Waals surface area contributed by atoms with Crippen LogP contribution in [-0.2, 0) is 9.59 Å². The average molecular weight is 325 g/mol. The van der Waals surface area contributed by atoms with E-state index in [1.54, 1.807) is 0 Å². The molecule has 1 N–H and O–H groups in total. The molecule has 1 saturated carbocycles. The van der Waals surface area contributed by atoms with Gasteiger partial charge in [-0.15, -0.1) is 0 Å². The quantitative estimate of drug-likeness (QED) is 0.858. The van der Waals surface area contributed by atoms with Crippen molar-refractivity contribution in [1.29, 1.82) is 0 Å².